The summed E-state index contributed by atoms with van der Waals surface area (Å²) in [5.74, 6) is 0.289. The Hall–Kier alpha value is -2.04. The van der Waals surface area contributed by atoms with Gasteiger partial charge in [0.15, 0.2) is 0 Å². The summed E-state index contributed by atoms with van der Waals surface area (Å²) in [6.07, 6.45) is 0.648. The zero-order valence-electron chi connectivity index (χ0n) is 9.80. The maximum Gasteiger partial charge on any atom is 0.307 e. The summed E-state index contributed by atoms with van der Waals surface area (Å²) in [5.41, 5.74) is 0.793. The second-order valence-corrected chi connectivity index (χ2v) is 3.39. The Bertz CT molecular complexity index is 392. The zero-order valence-corrected chi connectivity index (χ0v) is 9.80. The normalized spacial score (nSPS) is 11.4. The zero-order chi connectivity index (χ0) is 12.7. The number of hydrogen-bond acceptors (Lipinski definition) is 4. The SMILES string of the molecule is COC(=O)CC(NC=O)c1cccc(OC)c1. The fourth-order valence-corrected chi connectivity index (χ4v) is 1.46. The van der Waals surface area contributed by atoms with Gasteiger partial charge >= 0.3 is 5.97 Å². The fraction of sp³-hybridized carbons (Fsp3) is 0.333. The van der Waals surface area contributed by atoms with Gasteiger partial charge < -0.3 is 14.8 Å². The highest BCUT2D eigenvalue weighted by atomic mass is 16.5. The maximum absolute atomic E-state index is 11.2. The van der Waals surface area contributed by atoms with Gasteiger partial charge in [-0.2, -0.15) is 0 Å². The fourth-order valence-electron chi connectivity index (χ4n) is 1.46. The number of methoxy groups -OCH3 is 2. The molecule has 5 nitrogen and oxygen atoms in total. The third kappa shape index (κ3) is 3.79. The van der Waals surface area contributed by atoms with Gasteiger partial charge in [0.2, 0.25) is 6.41 Å². The highest BCUT2D eigenvalue weighted by molar-refractivity contribution is 5.71. The van der Waals surface area contributed by atoms with Crippen molar-refractivity contribution in [1.29, 1.82) is 0 Å². The van der Waals surface area contributed by atoms with Crippen LogP contribution in [0.15, 0.2) is 24.3 Å². The van der Waals surface area contributed by atoms with E-state index >= 15 is 0 Å². The smallest absolute Gasteiger partial charge is 0.307 e. The quantitative estimate of drug-likeness (QED) is 0.593. The maximum atomic E-state index is 11.2. The van der Waals surface area contributed by atoms with Gasteiger partial charge in [-0.1, -0.05) is 12.1 Å². The number of nitrogens with one attached hydrogen (secondary N) is 1. The van der Waals surface area contributed by atoms with Crippen molar-refractivity contribution >= 4 is 12.4 Å². The van der Waals surface area contributed by atoms with Crippen molar-refractivity contribution in [3.63, 3.8) is 0 Å². The highest BCUT2D eigenvalue weighted by Gasteiger charge is 2.16. The standard InChI is InChI=1S/C12H15NO4/c1-16-10-5-3-4-9(6-10)11(13-8-14)7-12(15)17-2/h3-6,8,11H,7H2,1-2H3,(H,13,14). The van der Waals surface area contributed by atoms with E-state index in [1.165, 1.54) is 7.11 Å². The molecule has 5 heteroatoms. The number of esters is 1. The molecule has 1 atom stereocenters. The molecular formula is C12H15NO4. The van der Waals surface area contributed by atoms with E-state index in [2.05, 4.69) is 10.1 Å². The Morgan fingerprint density at radius 2 is 2.24 bits per heavy atom. The minimum absolute atomic E-state index is 0.0857. The van der Waals surface area contributed by atoms with Crippen LogP contribution in [-0.4, -0.2) is 26.6 Å². The summed E-state index contributed by atoms with van der Waals surface area (Å²) in [4.78, 5) is 21.7. The summed E-state index contributed by atoms with van der Waals surface area (Å²) in [6.45, 7) is 0. The Kier molecular flexibility index (Phi) is 5.00. The number of ether oxygens (including phenoxy) is 2. The molecule has 92 valence electrons. The summed E-state index contributed by atoms with van der Waals surface area (Å²) in [5, 5.41) is 2.58. The van der Waals surface area contributed by atoms with Crippen LogP contribution in [-0.2, 0) is 14.3 Å². The molecule has 0 radical (unpaired) electrons. The van der Waals surface area contributed by atoms with E-state index < -0.39 is 6.04 Å². The van der Waals surface area contributed by atoms with E-state index in [1.807, 2.05) is 6.07 Å². The molecule has 1 rings (SSSR count). The lowest BCUT2D eigenvalue weighted by Gasteiger charge is -2.15. The van der Waals surface area contributed by atoms with Gasteiger partial charge in [-0.25, -0.2) is 0 Å². The van der Waals surface area contributed by atoms with Gasteiger partial charge in [-0.3, -0.25) is 9.59 Å². The number of carbonyl (C=O) groups is 2. The summed E-state index contributed by atoms with van der Waals surface area (Å²) in [6, 6.07) is 6.76. The summed E-state index contributed by atoms with van der Waals surface area (Å²) in [7, 11) is 2.87. The van der Waals surface area contributed by atoms with Gasteiger partial charge in [-0.05, 0) is 17.7 Å². The Morgan fingerprint density at radius 1 is 1.47 bits per heavy atom. The van der Waals surface area contributed by atoms with Crippen molar-refractivity contribution in [2.24, 2.45) is 0 Å². The minimum Gasteiger partial charge on any atom is -0.497 e. The third-order valence-electron chi connectivity index (χ3n) is 2.36. The van der Waals surface area contributed by atoms with Gasteiger partial charge in [0, 0.05) is 0 Å². The molecule has 0 spiro atoms. The third-order valence-corrected chi connectivity index (χ3v) is 2.36. The molecule has 0 aliphatic heterocycles. The van der Waals surface area contributed by atoms with Crippen LogP contribution in [0.4, 0.5) is 0 Å². The predicted molar refractivity (Wildman–Crippen MR) is 61.6 cm³/mol. The van der Waals surface area contributed by atoms with Gasteiger partial charge in [0.05, 0.1) is 26.7 Å². The molecule has 1 aromatic rings. The average molecular weight is 237 g/mol. The Morgan fingerprint density at radius 3 is 2.82 bits per heavy atom. The molecule has 0 saturated carbocycles. The van der Waals surface area contributed by atoms with Crippen LogP contribution < -0.4 is 10.1 Å². The molecule has 1 unspecified atom stereocenters. The van der Waals surface area contributed by atoms with E-state index in [1.54, 1.807) is 25.3 Å². The first-order valence-electron chi connectivity index (χ1n) is 5.11. The Balaban J connectivity index is 2.87. The number of hydrogen-bond donors (Lipinski definition) is 1. The predicted octanol–water partition coefficient (Wildman–Crippen LogP) is 1.05. The van der Waals surface area contributed by atoms with E-state index in [0.717, 1.165) is 5.56 Å². The topological polar surface area (TPSA) is 64.6 Å². The molecule has 0 saturated heterocycles. The first-order valence-corrected chi connectivity index (χ1v) is 5.11. The molecule has 1 amide bonds. The number of carbonyl (C=O) groups excluding carboxylic acids is 2. The summed E-state index contributed by atoms with van der Waals surface area (Å²) < 4.78 is 9.66. The molecule has 17 heavy (non-hydrogen) atoms. The Labute approximate surface area is 99.7 Å². The van der Waals surface area contributed by atoms with Crippen LogP contribution in [0.25, 0.3) is 0 Å². The largest absolute Gasteiger partial charge is 0.497 e. The molecule has 0 heterocycles. The number of benzene rings is 1. The van der Waals surface area contributed by atoms with E-state index in [9.17, 15) is 9.59 Å². The molecule has 1 aromatic carbocycles. The van der Waals surface area contributed by atoms with Gasteiger partial charge in [-0.15, -0.1) is 0 Å². The van der Waals surface area contributed by atoms with Crippen LogP contribution in [0.2, 0.25) is 0 Å². The van der Waals surface area contributed by atoms with Crippen molar-refractivity contribution in [3.05, 3.63) is 29.8 Å². The molecule has 0 aliphatic rings. The minimum atomic E-state index is -0.407. The lowest BCUT2D eigenvalue weighted by molar-refractivity contribution is -0.141. The highest BCUT2D eigenvalue weighted by Crippen LogP contribution is 2.21. The van der Waals surface area contributed by atoms with Crippen LogP contribution in [0, 0.1) is 0 Å². The van der Waals surface area contributed by atoms with E-state index in [0.29, 0.717) is 12.2 Å². The van der Waals surface area contributed by atoms with Gasteiger partial charge in [0.1, 0.15) is 5.75 Å². The van der Waals surface area contributed by atoms with Crippen LogP contribution >= 0.6 is 0 Å². The van der Waals surface area contributed by atoms with Gasteiger partial charge in [0.25, 0.3) is 0 Å². The molecule has 1 N–H and O–H groups in total. The van der Waals surface area contributed by atoms with E-state index in [-0.39, 0.29) is 12.4 Å². The van der Waals surface area contributed by atoms with Crippen LogP contribution in [0.5, 0.6) is 5.75 Å². The molecule has 0 aliphatic carbocycles. The first-order chi connectivity index (χ1) is 8.21. The lowest BCUT2D eigenvalue weighted by atomic mass is 10.0. The van der Waals surface area contributed by atoms with Crippen molar-refractivity contribution in [3.8, 4) is 5.75 Å². The van der Waals surface area contributed by atoms with Crippen molar-refractivity contribution < 1.29 is 19.1 Å². The van der Waals surface area contributed by atoms with Crippen LogP contribution in [0.1, 0.15) is 18.0 Å². The number of amides is 1. The van der Waals surface area contributed by atoms with E-state index in [4.69, 9.17) is 4.74 Å². The molecule has 0 aromatic heterocycles. The van der Waals surface area contributed by atoms with Crippen molar-refractivity contribution in [1.82, 2.24) is 5.32 Å². The monoisotopic (exact) mass is 237 g/mol. The lowest BCUT2D eigenvalue weighted by Crippen LogP contribution is -2.23. The van der Waals surface area contributed by atoms with Crippen molar-refractivity contribution in [2.45, 2.75) is 12.5 Å². The number of rotatable bonds is 6. The molecule has 0 fully saturated rings. The average Bonchev–Trinajstić information content (AvgIpc) is 2.38. The van der Waals surface area contributed by atoms with Crippen molar-refractivity contribution in [2.75, 3.05) is 14.2 Å². The second-order valence-electron chi connectivity index (χ2n) is 3.39. The first kappa shape index (κ1) is 13.0. The molecule has 0 bridgehead atoms. The molecular weight excluding hydrogens is 222 g/mol. The second kappa shape index (κ2) is 6.52. The summed E-state index contributed by atoms with van der Waals surface area (Å²) >= 11 is 0. The van der Waals surface area contributed by atoms with Crippen LogP contribution in [0.3, 0.4) is 0 Å².